The van der Waals surface area contributed by atoms with Crippen molar-refractivity contribution in [1.29, 1.82) is 0 Å². The van der Waals surface area contributed by atoms with E-state index >= 15 is 0 Å². The van der Waals surface area contributed by atoms with Crippen LogP contribution < -0.4 is 5.32 Å². The number of carbonyl (C=O) groups excluding carboxylic acids is 1. The zero-order chi connectivity index (χ0) is 16.2. The molecule has 4 saturated carbocycles. The molecule has 23 heavy (non-hydrogen) atoms. The van der Waals surface area contributed by atoms with Crippen molar-refractivity contribution < 1.29 is 13.2 Å². The average molecular weight is 340 g/mol. The number of nitrogens with zero attached hydrogens (tertiary/aromatic N) is 1. The van der Waals surface area contributed by atoms with Gasteiger partial charge in [-0.2, -0.15) is 0 Å². The molecule has 0 aromatic carbocycles. The van der Waals surface area contributed by atoms with Crippen LogP contribution in [0.2, 0.25) is 0 Å². The Labute approximate surface area is 139 Å². The lowest BCUT2D eigenvalue weighted by Crippen LogP contribution is -2.61. The fourth-order valence-corrected chi connectivity index (χ4v) is 7.00. The summed E-state index contributed by atoms with van der Waals surface area (Å²) in [6.07, 6.45) is 10.4. The van der Waals surface area contributed by atoms with Gasteiger partial charge in [-0.05, 0) is 69.1 Å². The van der Waals surface area contributed by atoms with E-state index in [1.165, 1.54) is 29.8 Å². The molecule has 1 unspecified atom stereocenters. The highest BCUT2D eigenvalue weighted by Gasteiger charge is 2.52. The zero-order valence-corrected chi connectivity index (χ0v) is 14.8. The zero-order valence-electron chi connectivity index (χ0n) is 14.0. The molecule has 130 valence electrons. The van der Waals surface area contributed by atoms with Crippen molar-refractivity contribution in [3.8, 4) is 0 Å². The van der Waals surface area contributed by atoms with Crippen molar-refractivity contribution in [2.24, 2.45) is 23.7 Å². The third kappa shape index (κ3) is 3.04. The summed E-state index contributed by atoms with van der Waals surface area (Å²) in [4.78, 5) is 12.8. The summed E-state index contributed by atoms with van der Waals surface area (Å²) < 4.78 is 25.0. The van der Waals surface area contributed by atoms with Crippen LogP contribution in [0.25, 0.3) is 0 Å². The van der Waals surface area contributed by atoms with Crippen LogP contribution in [0.1, 0.15) is 51.4 Å². The van der Waals surface area contributed by atoms with Crippen LogP contribution >= 0.6 is 0 Å². The van der Waals surface area contributed by atoms with Crippen molar-refractivity contribution in [3.63, 3.8) is 0 Å². The minimum Gasteiger partial charge on any atom is -0.350 e. The van der Waals surface area contributed by atoms with Gasteiger partial charge in [-0.1, -0.05) is 0 Å². The van der Waals surface area contributed by atoms with Gasteiger partial charge in [0, 0.05) is 18.6 Å². The standard InChI is InChI=1S/C17H28N2O3S/c1-23(21,22)19-4-2-3-15(11-19)16(20)18-17-8-12-5-13(9-17)7-14(6-12)10-17/h12-15H,2-11H2,1H3,(H,18,20). The highest BCUT2D eigenvalue weighted by molar-refractivity contribution is 7.88. The Morgan fingerprint density at radius 3 is 2.17 bits per heavy atom. The number of rotatable bonds is 3. The van der Waals surface area contributed by atoms with Crippen molar-refractivity contribution in [2.45, 2.75) is 56.9 Å². The summed E-state index contributed by atoms with van der Waals surface area (Å²) in [6.45, 7) is 0.914. The molecule has 5 nitrogen and oxygen atoms in total. The number of hydrogen-bond acceptors (Lipinski definition) is 3. The van der Waals surface area contributed by atoms with Gasteiger partial charge in [0.15, 0.2) is 0 Å². The second-order valence-electron chi connectivity index (χ2n) is 8.65. The van der Waals surface area contributed by atoms with Crippen molar-refractivity contribution in [2.75, 3.05) is 19.3 Å². The number of hydrogen-bond donors (Lipinski definition) is 1. The van der Waals surface area contributed by atoms with Crippen LogP contribution in [-0.2, 0) is 14.8 Å². The van der Waals surface area contributed by atoms with Crippen molar-refractivity contribution in [3.05, 3.63) is 0 Å². The molecule has 6 heteroatoms. The van der Waals surface area contributed by atoms with Gasteiger partial charge in [-0.15, -0.1) is 0 Å². The molecule has 0 spiro atoms. The Hall–Kier alpha value is -0.620. The Bertz CT molecular complexity index is 566. The van der Waals surface area contributed by atoms with E-state index in [4.69, 9.17) is 0 Å². The van der Waals surface area contributed by atoms with Gasteiger partial charge in [0.25, 0.3) is 0 Å². The van der Waals surface area contributed by atoms with Gasteiger partial charge < -0.3 is 5.32 Å². The predicted molar refractivity (Wildman–Crippen MR) is 88.2 cm³/mol. The van der Waals surface area contributed by atoms with E-state index in [1.54, 1.807) is 0 Å². The topological polar surface area (TPSA) is 66.5 Å². The molecule has 1 atom stereocenters. The van der Waals surface area contributed by atoms with Crippen LogP contribution in [0.15, 0.2) is 0 Å². The predicted octanol–water partition coefficient (Wildman–Crippen LogP) is 1.74. The number of carbonyl (C=O) groups is 1. The lowest BCUT2D eigenvalue weighted by molar-refractivity contribution is -0.131. The molecule has 1 aliphatic heterocycles. The van der Waals surface area contributed by atoms with Crippen LogP contribution in [-0.4, -0.2) is 43.5 Å². The minimum absolute atomic E-state index is 0.0270. The van der Waals surface area contributed by atoms with E-state index < -0.39 is 10.0 Å². The first-order valence-electron chi connectivity index (χ1n) is 9.10. The Morgan fingerprint density at radius 1 is 1.09 bits per heavy atom. The summed E-state index contributed by atoms with van der Waals surface area (Å²) in [5.41, 5.74) is 0.0270. The summed E-state index contributed by atoms with van der Waals surface area (Å²) in [5, 5.41) is 3.41. The summed E-state index contributed by atoms with van der Waals surface area (Å²) in [7, 11) is -3.19. The molecular formula is C17H28N2O3S. The molecule has 5 rings (SSSR count). The fraction of sp³-hybridized carbons (Fsp3) is 0.941. The lowest BCUT2D eigenvalue weighted by Gasteiger charge is -2.57. The Balaban J connectivity index is 1.44. The molecule has 1 amide bonds. The monoisotopic (exact) mass is 340 g/mol. The summed E-state index contributed by atoms with van der Waals surface area (Å²) in [5.74, 6) is 2.34. The molecular weight excluding hydrogens is 312 g/mol. The number of piperidine rings is 1. The van der Waals surface area contributed by atoms with Gasteiger partial charge in [0.1, 0.15) is 0 Å². The van der Waals surface area contributed by atoms with Gasteiger partial charge >= 0.3 is 0 Å². The van der Waals surface area contributed by atoms with Crippen molar-refractivity contribution >= 4 is 15.9 Å². The minimum atomic E-state index is -3.19. The number of nitrogens with one attached hydrogen (secondary N) is 1. The Kier molecular flexibility index (Phi) is 3.76. The number of amides is 1. The van der Waals surface area contributed by atoms with E-state index in [1.807, 2.05) is 0 Å². The first-order chi connectivity index (χ1) is 10.8. The molecule has 4 aliphatic carbocycles. The largest absolute Gasteiger partial charge is 0.350 e. The Morgan fingerprint density at radius 2 is 1.65 bits per heavy atom. The van der Waals surface area contributed by atoms with Gasteiger partial charge in [0.05, 0.1) is 12.2 Å². The van der Waals surface area contributed by atoms with Gasteiger partial charge in [-0.3, -0.25) is 4.79 Å². The molecule has 0 aromatic rings. The van der Waals surface area contributed by atoms with E-state index in [0.29, 0.717) is 13.1 Å². The average Bonchev–Trinajstić information content (AvgIpc) is 2.44. The van der Waals surface area contributed by atoms with Crippen molar-refractivity contribution in [1.82, 2.24) is 9.62 Å². The molecule has 5 fully saturated rings. The normalized spacial score (nSPS) is 43.5. The first kappa shape index (κ1) is 15.9. The van der Waals surface area contributed by atoms with Crippen LogP contribution in [0, 0.1) is 23.7 Å². The first-order valence-corrected chi connectivity index (χ1v) is 10.9. The molecule has 1 saturated heterocycles. The third-order valence-electron chi connectivity index (χ3n) is 6.65. The maximum absolute atomic E-state index is 12.8. The van der Waals surface area contributed by atoms with E-state index in [-0.39, 0.29) is 17.4 Å². The second kappa shape index (κ2) is 5.45. The molecule has 0 radical (unpaired) electrons. The SMILES string of the molecule is CS(=O)(=O)N1CCCC(C(=O)NC23CC4CC(CC(C4)C2)C3)C1. The summed E-state index contributed by atoms with van der Waals surface area (Å²) >= 11 is 0. The van der Waals surface area contributed by atoms with E-state index in [9.17, 15) is 13.2 Å². The molecule has 4 bridgehead atoms. The maximum atomic E-state index is 12.8. The summed E-state index contributed by atoms with van der Waals surface area (Å²) in [6, 6.07) is 0. The highest BCUT2D eigenvalue weighted by Crippen LogP contribution is 2.55. The maximum Gasteiger partial charge on any atom is 0.224 e. The third-order valence-corrected chi connectivity index (χ3v) is 7.92. The fourth-order valence-electron chi connectivity index (χ4n) is 6.08. The lowest BCUT2D eigenvalue weighted by atomic mass is 9.53. The molecule has 1 N–H and O–H groups in total. The smallest absolute Gasteiger partial charge is 0.224 e. The van der Waals surface area contributed by atoms with E-state index in [0.717, 1.165) is 49.9 Å². The highest BCUT2D eigenvalue weighted by atomic mass is 32.2. The van der Waals surface area contributed by atoms with Gasteiger partial charge in [-0.25, -0.2) is 12.7 Å². The second-order valence-corrected chi connectivity index (χ2v) is 10.6. The molecule has 5 aliphatic rings. The van der Waals surface area contributed by atoms with Crippen LogP contribution in [0.3, 0.4) is 0 Å². The quantitative estimate of drug-likeness (QED) is 0.851. The molecule has 0 aromatic heterocycles. The molecule has 1 heterocycles. The van der Waals surface area contributed by atoms with Crippen LogP contribution in [0.4, 0.5) is 0 Å². The van der Waals surface area contributed by atoms with Gasteiger partial charge in [0.2, 0.25) is 15.9 Å². The van der Waals surface area contributed by atoms with Crippen LogP contribution in [0.5, 0.6) is 0 Å². The number of sulfonamides is 1. The van der Waals surface area contributed by atoms with E-state index in [2.05, 4.69) is 5.32 Å².